The van der Waals surface area contributed by atoms with Crippen molar-refractivity contribution in [1.82, 2.24) is 0 Å². The average Bonchev–Trinajstić information content (AvgIpc) is 2.50. The summed E-state index contributed by atoms with van der Waals surface area (Å²) in [6, 6.07) is -0.681. The van der Waals surface area contributed by atoms with E-state index in [4.69, 9.17) is 22.4 Å². The average molecular weight is 336 g/mol. The third kappa shape index (κ3) is 10.4. The molecular formula is C17H34ClNO3. The van der Waals surface area contributed by atoms with E-state index in [1.165, 1.54) is 32.1 Å². The molecule has 4 N–H and O–H groups in total. The van der Waals surface area contributed by atoms with Crippen LogP contribution in [0.5, 0.6) is 0 Å². The van der Waals surface area contributed by atoms with Crippen LogP contribution in [-0.2, 0) is 4.79 Å². The molecule has 0 amide bonds. The summed E-state index contributed by atoms with van der Waals surface area (Å²) in [6.45, 7) is 4.03. The minimum atomic E-state index is -1.45. The second kappa shape index (κ2) is 13.1. The first-order valence-electron chi connectivity index (χ1n) is 8.70. The fraction of sp³-hybridized carbons (Fsp3) is 0.941. The SMILES string of the molecule is CCC(Cl)CCCCCCCCCC(C)C(N)C(O)C(=O)O. The number of aliphatic hydroxyl groups is 1. The van der Waals surface area contributed by atoms with Crippen molar-refractivity contribution in [2.45, 2.75) is 95.6 Å². The highest BCUT2D eigenvalue weighted by Gasteiger charge is 2.26. The molecule has 0 aliphatic carbocycles. The van der Waals surface area contributed by atoms with Crippen molar-refractivity contribution in [1.29, 1.82) is 0 Å². The van der Waals surface area contributed by atoms with Gasteiger partial charge in [0.05, 0.1) is 0 Å². The molecule has 0 bridgehead atoms. The lowest BCUT2D eigenvalue weighted by atomic mass is 9.92. The second-order valence-electron chi connectivity index (χ2n) is 6.40. The fourth-order valence-electron chi connectivity index (χ4n) is 2.59. The van der Waals surface area contributed by atoms with Crippen LogP contribution < -0.4 is 5.73 Å². The normalized spacial score (nSPS) is 17.0. The van der Waals surface area contributed by atoms with E-state index in [9.17, 15) is 9.90 Å². The number of carboxylic acids is 1. The molecule has 4 unspecified atom stereocenters. The number of aliphatic hydroxyl groups excluding tert-OH is 1. The number of hydrogen-bond donors (Lipinski definition) is 3. The highest BCUT2D eigenvalue weighted by Crippen LogP contribution is 2.17. The standard InChI is InChI=1S/C17H34ClNO3/c1-3-14(18)12-10-8-6-4-5-7-9-11-13(2)15(19)16(20)17(21)22/h13-16,20H,3-12,19H2,1-2H3,(H,21,22). The number of carboxylic acid groups (broad SMARTS) is 1. The summed E-state index contributed by atoms with van der Waals surface area (Å²) < 4.78 is 0. The molecule has 0 rings (SSSR count). The minimum Gasteiger partial charge on any atom is -0.479 e. The third-order valence-corrected chi connectivity index (χ3v) is 4.92. The number of aliphatic carboxylic acids is 1. The van der Waals surface area contributed by atoms with Gasteiger partial charge in [-0.15, -0.1) is 11.6 Å². The molecule has 0 aromatic rings. The summed E-state index contributed by atoms with van der Waals surface area (Å²) >= 11 is 6.08. The molecule has 0 aliphatic heterocycles. The largest absolute Gasteiger partial charge is 0.479 e. The Kier molecular flexibility index (Phi) is 13.0. The topological polar surface area (TPSA) is 83.5 Å². The van der Waals surface area contributed by atoms with E-state index < -0.39 is 18.1 Å². The van der Waals surface area contributed by atoms with Gasteiger partial charge in [-0.1, -0.05) is 58.8 Å². The summed E-state index contributed by atoms with van der Waals surface area (Å²) in [5, 5.41) is 18.5. The number of hydrogen-bond acceptors (Lipinski definition) is 3. The van der Waals surface area contributed by atoms with Crippen LogP contribution in [0, 0.1) is 5.92 Å². The van der Waals surface area contributed by atoms with E-state index in [2.05, 4.69) is 6.92 Å². The Balaban J connectivity index is 3.48. The van der Waals surface area contributed by atoms with Gasteiger partial charge in [0.2, 0.25) is 0 Å². The molecule has 0 fully saturated rings. The zero-order chi connectivity index (χ0) is 17.0. The van der Waals surface area contributed by atoms with Crippen molar-refractivity contribution in [2.75, 3.05) is 0 Å². The van der Waals surface area contributed by atoms with Crippen LogP contribution in [0.15, 0.2) is 0 Å². The highest BCUT2D eigenvalue weighted by atomic mass is 35.5. The van der Waals surface area contributed by atoms with E-state index in [1.807, 2.05) is 6.92 Å². The Morgan fingerprint density at radius 1 is 1.05 bits per heavy atom. The second-order valence-corrected chi connectivity index (χ2v) is 7.01. The Bertz CT molecular complexity index is 289. The van der Waals surface area contributed by atoms with Gasteiger partial charge in [0, 0.05) is 11.4 Å². The lowest BCUT2D eigenvalue weighted by Crippen LogP contribution is -2.44. The summed E-state index contributed by atoms with van der Waals surface area (Å²) in [7, 11) is 0. The van der Waals surface area contributed by atoms with Gasteiger partial charge in [0.25, 0.3) is 0 Å². The van der Waals surface area contributed by atoms with Gasteiger partial charge in [-0.05, 0) is 25.2 Å². The first-order valence-corrected chi connectivity index (χ1v) is 9.14. The summed E-state index contributed by atoms with van der Waals surface area (Å²) in [4.78, 5) is 10.7. The first-order chi connectivity index (χ1) is 10.4. The van der Waals surface area contributed by atoms with Crippen LogP contribution in [0.3, 0.4) is 0 Å². The maximum absolute atomic E-state index is 10.7. The number of rotatable bonds is 14. The number of halogens is 1. The molecule has 0 saturated carbocycles. The lowest BCUT2D eigenvalue weighted by Gasteiger charge is -2.22. The van der Waals surface area contributed by atoms with Gasteiger partial charge in [0.1, 0.15) is 0 Å². The number of nitrogens with two attached hydrogens (primary N) is 1. The Morgan fingerprint density at radius 2 is 1.50 bits per heavy atom. The maximum atomic E-state index is 10.7. The highest BCUT2D eigenvalue weighted by molar-refractivity contribution is 6.20. The molecule has 4 nitrogen and oxygen atoms in total. The molecule has 0 aromatic carbocycles. The maximum Gasteiger partial charge on any atom is 0.334 e. The van der Waals surface area contributed by atoms with Crippen LogP contribution in [0.1, 0.15) is 78.1 Å². The Labute approximate surface area is 140 Å². The zero-order valence-electron chi connectivity index (χ0n) is 14.1. The van der Waals surface area contributed by atoms with Gasteiger partial charge < -0.3 is 15.9 Å². The van der Waals surface area contributed by atoms with Crippen LogP contribution >= 0.6 is 11.6 Å². The number of alkyl halides is 1. The van der Waals surface area contributed by atoms with Crippen molar-refractivity contribution < 1.29 is 15.0 Å². The predicted molar refractivity (Wildman–Crippen MR) is 92.3 cm³/mol. The first kappa shape index (κ1) is 21.7. The summed E-state index contributed by atoms with van der Waals surface area (Å²) in [6.07, 6.45) is 9.99. The summed E-state index contributed by atoms with van der Waals surface area (Å²) in [5.74, 6) is -1.21. The quantitative estimate of drug-likeness (QED) is 0.332. The van der Waals surface area contributed by atoms with E-state index in [-0.39, 0.29) is 5.92 Å². The zero-order valence-corrected chi connectivity index (χ0v) is 14.9. The predicted octanol–water partition coefficient (Wildman–Crippen LogP) is 3.92. The third-order valence-electron chi connectivity index (χ3n) is 4.39. The number of carbonyl (C=O) groups is 1. The van der Waals surface area contributed by atoms with E-state index in [0.717, 1.165) is 32.1 Å². The molecule has 0 radical (unpaired) electrons. The van der Waals surface area contributed by atoms with Crippen LogP contribution in [-0.4, -0.2) is 33.7 Å². The van der Waals surface area contributed by atoms with Gasteiger partial charge in [0.15, 0.2) is 6.10 Å². The van der Waals surface area contributed by atoms with Gasteiger partial charge >= 0.3 is 5.97 Å². The lowest BCUT2D eigenvalue weighted by molar-refractivity contribution is -0.148. The molecule has 0 spiro atoms. The van der Waals surface area contributed by atoms with Crippen molar-refractivity contribution in [3.8, 4) is 0 Å². The van der Waals surface area contributed by atoms with Crippen LogP contribution in [0.25, 0.3) is 0 Å². The van der Waals surface area contributed by atoms with Crippen molar-refractivity contribution in [3.05, 3.63) is 0 Å². The number of unbranched alkanes of at least 4 members (excludes halogenated alkanes) is 6. The minimum absolute atomic E-state index is 0.0285. The molecule has 5 heteroatoms. The molecular weight excluding hydrogens is 302 g/mol. The van der Waals surface area contributed by atoms with Gasteiger partial charge in [-0.25, -0.2) is 4.79 Å². The van der Waals surface area contributed by atoms with Crippen molar-refractivity contribution in [2.24, 2.45) is 11.7 Å². The van der Waals surface area contributed by atoms with Crippen LogP contribution in [0.2, 0.25) is 0 Å². The van der Waals surface area contributed by atoms with Crippen molar-refractivity contribution in [3.63, 3.8) is 0 Å². The molecule has 22 heavy (non-hydrogen) atoms. The molecule has 4 atom stereocenters. The molecule has 0 aliphatic rings. The molecule has 0 heterocycles. The van der Waals surface area contributed by atoms with Crippen molar-refractivity contribution >= 4 is 17.6 Å². The molecule has 0 aromatic heterocycles. The monoisotopic (exact) mass is 335 g/mol. The molecule has 0 saturated heterocycles. The summed E-state index contributed by atoms with van der Waals surface area (Å²) in [5.41, 5.74) is 5.75. The van der Waals surface area contributed by atoms with Crippen LogP contribution in [0.4, 0.5) is 0 Å². The molecule has 132 valence electrons. The smallest absolute Gasteiger partial charge is 0.334 e. The Hall–Kier alpha value is -0.320. The van der Waals surface area contributed by atoms with E-state index in [1.54, 1.807) is 0 Å². The van der Waals surface area contributed by atoms with E-state index in [0.29, 0.717) is 5.38 Å². The van der Waals surface area contributed by atoms with Gasteiger partial charge in [-0.2, -0.15) is 0 Å². The van der Waals surface area contributed by atoms with E-state index >= 15 is 0 Å². The van der Waals surface area contributed by atoms with Gasteiger partial charge in [-0.3, -0.25) is 0 Å². The fourth-order valence-corrected chi connectivity index (χ4v) is 2.74. The Morgan fingerprint density at radius 3 is 1.95 bits per heavy atom.